The van der Waals surface area contributed by atoms with Crippen LogP contribution in [0.1, 0.15) is 39.5 Å². The average molecular weight is 264 g/mol. The molecule has 0 radical (unpaired) electrons. The Labute approximate surface area is 115 Å². The largest absolute Gasteiger partial charge is 0.491 e. The van der Waals surface area contributed by atoms with Crippen molar-refractivity contribution in [3.8, 4) is 11.5 Å². The molecule has 0 aliphatic heterocycles. The van der Waals surface area contributed by atoms with Crippen LogP contribution in [0.4, 0.5) is 0 Å². The van der Waals surface area contributed by atoms with Crippen LogP contribution in [0.2, 0.25) is 0 Å². The van der Waals surface area contributed by atoms with Gasteiger partial charge in [-0.3, -0.25) is 0 Å². The molecule has 0 N–H and O–H groups in total. The lowest BCUT2D eigenvalue weighted by Crippen LogP contribution is -2.12. The highest BCUT2D eigenvalue weighted by Crippen LogP contribution is 2.25. The molecular formula is C16H24O3. The van der Waals surface area contributed by atoms with Gasteiger partial charge in [-0.05, 0) is 63.8 Å². The van der Waals surface area contributed by atoms with Crippen molar-refractivity contribution in [2.45, 2.75) is 51.7 Å². The maximum atomic E-state index is 5.91. The van der Waals surface area contributed by atoms with E-state index in [9.17, 15) is 0 Å². The van der Waals surface area contributed by atoms with Crippen molar-refractivity contribution in [1.29, 1.82) is 0 Å². The van der Waals surface area contributed by atoms with Crippen molar-refractivity contribution in [3.63, 3.8) is 0 Å². The molecule has 2 rings (SSSR count). The van der Waals surface area contributed by atoms with Gasteiger partial charge in [0.25, 0.3) is 0 Å². The number of hydrogen-bond acceptors (Lipinski definition) is 3. The van der Waals surface area contributed by atoms with Gasteiger partial charge in [-0.15, -0.1) is 0 Å². The van der Waals surface area contributed by atoms with E-state index >= 15 is 0 Å². The first kappa shape index (κ1) is 14.2. The molecular weight excluding hydrogens is 240 g/mol. The molecule has 1 fully saturated rings. The van der Waals surface area contributed by atoms with Crippen molar-refractivity contribution in [2.75, 3.05) is 13.2 Å². The summed E-state index contributed by atoms with van der Waals surface area (Å²) < 4.78 is 16.9. The van der Waals surface area contributed by atoms with Crippen LogP contribution in [-0.4, -0.2) is 25.4 Å². The van der Waals surface area contributed by atoms with Gasteiger partial charge in [0.05, 0.1) is 18.8 Å². The van der Waals surface area contributed by atoms with Crippen LogP contribution in [0, 0.1) is 0 Å². The highest BCUT2D eigenvalue weighted by atomic mass is 16.5. The molecule has 0 atom stereocenters. The lowest BCUT2D eigenvalue weighted by Gasteiger charge is -2.13. The first-order valence-electron chi connectivity index (χ1n) is 7.25. The van der Waals surface area contributed by atoms with E-state index in [1.54, 1.807) is 0 Å². The summed E-state index contributed by atoms with van der Waals surface area (Å²) in [7, 11) is 0. The van der Waals surface area contributed by atoms with Gasteiger partial charge < -0.3 is 14.2 Å². The minimum Gasteiger partial charge on any atom is -0.491 e. The topological polar surface area (TPSA) is 27.7 Å². The third kappa shape index (κ3) is 5.11. The standard InChI is InChI=1S/C16H24O3/c1-13(2)17-11-12-18-14-7-9-16(10-8-14)19-15-5-3-4-6-15/h7-10,13,15H,3-6,11-12H2,1-2H3. The summed E-state index contributed by atoms with van der Waals surface area (Å²) in [5.74, 6) is 1.81. The van der Waals surface area contributed by atoms with E-state index in [1.807, 2.05) is 38.1 Å². The molecule has 3 nitrogen and oxygen atoms in total. The number of hydrogen-bond donors (Lipinski definition) is 0. The van der Waals surface area contributed by atoms with Crippen LogP contribution >= 0.6 is 0 Å². The molecule has 0 saturated heterocycles. The van der Waals surface area contributed by atoms with Gasteiger partial charge >= 0.3 is 0 Å². The fourth-order valence-corrected chi connectivity index (χ4v) is 2.26. The minimum absolute atomic E-state index is 0.255. The van der Waals surface area contributed by atoms with Crippen molar-refractivity contribution >= 4 is 0 Å². The van der Waals surface area contributed by atoms with E-state index in [-0.39, 0.29) is 6.10 Å². The molecule has 1 aromatic carbocycles. The zero-order valence-electron chi connectivity index (χ0n) is 11.9. The number of benzene rings is 1. The Morgan fingerprint density at radius 1 is 1.00 bits per heavy atom. The van der Waals surface area contributed by atoms with Crippen molar-refractivity contribution < 1.29 is 14.2 Å². The van der Waals surface area contributed by atoms with Crippen LogP contribution in [0.5, 0.6) is 11.5 Å². The summed E-state index contributed by atoms with van der Waals surface area (Å²) in [5, 5.41) is 0. The second kappa shape index (κ2) is 7.39. The predicted octanol–water partition coefficient (Wildman–Crippen LogP) is 3.81. The normalized spacial score (nSPS) is 15.9. The Kier molecular flexibility index (Phi) is 5.52. The highest BCUT2D eigenvalue weighted by molar-refractivity contribution is 5.31. The minimum atomic E-state index is 0.255. The summed E-state index contributed by atoms with van der Waals surface area (Å²) in [5.41, 5.74) is 0. The summed E-state index contributed by atoms with van der Waals surface area (Å²) >= 11 is 0. The Morgan fingerprint density at radius 2 is 1.63 bits per heavy atom. The third-order valence-corrected chi connectivity index (χ3v) is 3.23. The van der Waals surface area contributed by atoms with E-state index in [0.717, 1.165) is 11.5 Å². The molecule has 0 aromatic heterocycles. The van der Waals surface area contributed by atoms with E-state index in [4.69, 9.17) is 14.2 Å². The first-order valence-corrected chi connectivity index (χ1v) is 7.25. The Bertz CT molecular complexity index is 353. The number of ether oxygens (including phenoxy) is 3. The molecule has 1 aliphatic rings. The first-order chi connectivity index (χ1) is 9.24. The van der Waals surface area contributed by atoms with Gasteiger partial charge in [-0.25, -0.2) is 0 Å². The van der Waals surface area contributed by atoms with E-state index in [2.05, 4.69) is 0 Å². The zero-order valence-corrected chi connectivity index (χ0v) is 11.9. The molecule has 0 spiro atoms. The molecule has 19 heavy (non-hydrogen) atoms. The average Bonchev–Trinajstić information content (AvgIpc) is 2.89. The van der Waals surface area contributed by atoms with Crippen LogP contribution in [0.3, 0.4) is 0 Å². The fraction of sp³-hybridized carbons (Fsp3) is 0.625. The van der Waals surface area contributed by atoms with Gasteiger partial charge in [0.1, 0.15) is 18.1 Å². The quantitative estimate of drug-likeness (QED) is 0.701. The summed E-state index contributed by atoms with van der Waals surface area (Å²) in [6, 6.07) is 7.88. The SMILES string of the molecule is CC(C)OCCOc1ccc(OC2CCCC2)cc1. The lowest BCUT2D eigenvalue weighted by molar-refractivity contribution is 0.0552. The van der Waals surface area contributed by atoms with Crippen LogP contribution in [-0.2, 0) is 4.74 Å². The molecule has 0 bridgehead atoms. The molecule has 0 amide bonds. The maximum absolute atomic E-state index is 5.91. The highest BCUT2D eigenvalue weighted by Gasteiger charge is 2.16. The van der Waals surface area contributed by atoms with Gasteiger partial charge in [-0.1, -0.05) is 0 Å². The number of rotatable bonds is 7. The predicted molar refractivity (Wildman–Crippen MR) is 75.9 cm³/mol. The summed E-state index contributed by atoms with van der Waals surface area (Å²) in [6.45, 7) is 5.25. The lowest BCUT2D eigenvalue weighted by atomic mass is 10.3. The summed E-state index contributed by atoms with van der Waals surface area (Å²) in [6.07, 6.45) is 5.62. The van der Waals surface area contributed by atoms with E-state index < -0.39 is 0 Å². The fourth-order valence-electron chi connectivity index (χ4n) is 2.26. The zero-order chi connectivity index (χ0) is 13.5. The van der Waals surface area contributed by atoms with E-state index in [0.29, 0.717) is 19.3 Å². The van der Waals surface area contributed by atoms with Gasteiger partial charge in [-0.2, -0.15) is 0 Å². The van der Waals surface area contributed by atoms with Crippen LogP contribution < -0.4 is 9.47 Å². The smallest absolute Gasteiger partial charge is 0.119 e. The van der Waals surface area contributed by atoms with Crippen molar-refractivity contribution in [1.82, 2.24) is 0 Å². The van der Waals surface area contributed by atoms with Crippen LogP contribution in [0.15, 0.2) is 24.3 Å². The second-order valence-corrected chi connectivity index (χ2v) is 5.26. The van der Waals surface area contributed by atoms with E-state index in [1.165, 1.54) is 25.7 Å². The molecule has 1 saturated carbocycles. The Hall–Kier alpha value is -1.22. The van der Waals surface area contributed by atoms with Gasteiger partial charge in [0, 0.05) is 0 Å². The molecule has 1 aromatic rings. The van der Waals surface area contributed by atoms with Crippen molar-refractivity contribution in [3.05, 3.63) is 24.3 Å². The van der Waals surface area contributed by atoms with Gasteiger partial charge in [0.2, 0.25) is 0 Å². The van der Waals surface area contributed by atoms with Gasteiger partial charge in [0.15, 0.2) is 0 Å². The second-order valence-electron chi connectivity index (χ2n) is 5.26. The molecule has 0 heterocycles. The molecule has 3 heteroatoms. The monoisotopic (exact) mass is 264 g/mol. The molecule has 0 unspecified atom stereocenters. The summed E-state index contributed by atoms with van der Waals surface area (Å²) in [4.78, 5) is 0. The molecule has 1 aliphatic carbocycles. The molecule has 106 valence electrons. The van der Waals surface area contributed by atoms with Crippen molar-refractivity contribution in [2.24, 2.45) is 0 Å². The Morgan fingerprint density at radius 3 is 2.26 bits per heavy atom. The van der Waals surface area contributed by atoms with Crippen LogP contribution in [0.25, 0.3) is 0 Å². The third-order valence-electron chi connectivity index (χ3n) is 3.23. The maximum Gasteiger partial charge on any atom is 0.119 e. The Balaban J connectivity index is 1.71.